The van der Waals surface area contributed by atoms with Gasteiger partial charge in [-0.3, -0.25) is 4.79 Å². The molecule has 1 aliphatic rings. The third-order valence-corrected chi connectivity index (χ3v) is 6.57. The number of hydrogen-bond acceptors (Lipinski definition) is 4. The minimum Gasteiger partial charge on any atom is -0.343 e. The maximum absolute atomic E-state index is 12.8. The van der Waals surface area contributed by atoms with E-state index in [2.05, 4.69) is 46.5 Å². The molecular weight excluding hydrogens is 386 g/mol. The van der Waals surface area contributed by atoms with Crippen molar-refractivity contribution in [3.8, 4) is 6.07 Å². The molecule has 6 heteroatoms. The highest BCUT2D eigenvalue weighted by atomic mass is 16.2. The van der Waals surface area contributed by atoms with Crippen molar-refractivity contribution in [1.82, 2.24) is 19.5 Å². The summed E-state index contributed by atoms with van der Waals surface area (Å²) in [7, 11) is 0. The number of fused-ring (bicyclic) bond motifs is 1. The number of likely N-dealkylation sites (tertiary alicyclic amines) is 1. The van der Waals surface area contributed by atoms with Crippen molar-refractivity contribution in [3.05, 3.63) is 64.6 Å². The minimum absolute atomic E-state index is 0.221. The molecule has 2 aromatic heterocycles. The predicted octanol–water partition coefficient (Wildman–Crippen LogP) is 4.02. The summed E-state index contributed by atoms with van der Waals surface area (Å²) in [5, 5.41) is 13.5. The Hall–Kier alpha value is -3.20. The van der Waals surface area contributed by atoms with E-state index < -0.39 is 0 Å². The number of carbonyl (C=O) groups is 1. The average Bonchev–Trinajstić information content (AvgIpc) is 3.21. The number of benzene rings is 1. The molecule has 1 amide bonds. The Balaban J connectivity index is 1.30. The second-order valence-corrected chi connectivity index (χ2v) is 8.52. The van der Waals surface area contributed by atoms with E-state index >= 15 is 0 Å². The highest BCUT2D eigenvalue weighted by molar-refractivity contribution is 5.76. The number of amides is 1. The van der Waals surface area contributed by atoms with Gasteiger partial charge in [-0.2, -0.15) is 10.4 Å². The summed E-state index contributed by atoms with van der Waals surface area (Å²) >= 11 is 0. The van der Waals surface area contributed by atoms with Gasteiger partial charge in [0.25, 0.3) is 0 Å². The predicted molar refractivity (Wildman–Crippen MR) is 120 cm³/mol. The Morgan fingerprint density at radius 3 is 2.61 bits per heavy atom. The van der Waals surface area contributed by atoms with Crippen LogP contribution in [-0.4, -0.2) is 38.5 Å². The Morgan fingerprint density at radius 1 is 1.16 bits per heavy atom. The van der Waals surface area contributed by atoms with E-state index in [0.717, 1.165) is 49.3 Å². The molecule has 1 saturated heterocycles. The maximum atomic E-state index is 12.8. The SMILES string of the molecule is Cc1nc2c(C#N)cnn2c(C)c1CCC(=O)N1CCC(CCc2ccccc2)CC1. The van der Waals surface area contributed by atoms with Crippen LogP contribution in [0.2, 0.25) is 0 Å². The van der Waals surface area contributed by atoms with Crippen LogP contribution in [0.1, 0.15) is 53.8 Å². The van der Waals surface area contributed by atoms with Gasteiger partial charge in [-0.1, -0.05) is 30.3 Å². The van der Waals surface area contributed by atoms with E-state index in [-0.39, 0.29) is 5.91 Å². The van der Waals surface area contributed by atoms with Gasteiger partial charge in [0.1, 0.15) is 11.6 Å². The maximum Gasteiger partial charge on any atom is 0.222 e. The van der Waals surface area contributed by atoms with Gasteiger partial charge >= 0.3 is 0 Å². The summed E-state index contributed by atoms with van der Waals surface area (Å²) < 4.78 is 1.71. The molecule has 1 fully saturated rings. The molecule has 31 heavy (non-hydrogen) atoms. The molecule has 0 bridgehead atoms. The van der Waals surface area contributed by atoms with Crippen LogP contribution in [0.4, 0.5) is 0 Å². The lowest BCUT2D eigenvalue weighted by molar-refractivity contribution is -0.132. The normalized spacial score (nSPS) is 14.7. The van der Waals surface area contributed by atoms with E-state index in [4.69, 9.17) is 0 Å². The molecule has 0 aliphatic carbocycles. The first-order valence-corrected chi connectivity index (χ1v) is 11.1. The molecule has 6 nitrogen and oxygen atoms in total. The number of nitriles is 1. The third kappa shape index (κ3) is 4.61. The number of aryl methyl sites for hydroxylation is 3. The van der Waals surface area contributed by atoms with Crippen molar-refractivity contribution >= 4 is 11.6 Å². The number of rotatable bonds is 6. The Labute approximate surface area is 183 Å². The summed E-state index contributed by atoms with van der Waals surface area (Å²) in [4.78, 5) is 19.4. The Bertz CT molecular complexity index is 1100. The largest absolute Gasteiger partial charge is 0.343 e. The molecule has 0 radical (unpaired) electrons. The van der Waals surface area contributed by atoms with Gasteiger partial charge in [0, 0.05) is 30.9 Å². The monoisotopic (exact) mass is 415 g/mol. The van der Waals surface area contributed by atoms with Gasteiger partial charge in [-0.25, -0.2) is 9.50 Å². The summed E-state index contributed by atoms with van der Waals surface area (Å²) in [5.41, 5.74) is 5.34. The Morgan fingerprint density at radius 2 is 1.90 bits per heavy atom. The van der Waals surface area contributed by atoms with Crippen LogP contribution in [0, 0.1) is 31.1 Å². The van der Waals surface area contributed by atoms with Gasteiger partial charge in [0.2, 0.25) is 5.91 Å². The first kappa shape index (κ1) is 21.0. The second kappa shape index (κ2) is 9.30. The van der Waals surface area contributed by atoms with Crippen molar-refractivity contribution in [2.45, 2.75) is 52.4 Å². The number of hydrogen-bond donors (Lipinski definition) is 0. The number of aromatic nitrogens is 3. The fraction of sp³-hybridized carbons (Fsp3) is 0.440. The summed E-state index contributed by atoms with van der Waals surface area (Å²) in [6.45, 7) is 5.64. The van der Waals surface area contributed by atoms with Gasteiger partial charge in [-0.05, 0) is 63.0 Å². The summed E-state index contributed by atoms with van der Waals surface area (Å²) in [5.74, 6) is 0.924. The molecule has 0 spiro atoms. The van der Waals surface area contributed by atoms with Crippen LogP contribution in [0.5, 0.6) is 0 Å². The van der Waals surface area contributed by atoms with Crippen molar-refractivity contribution < 1.29 is 4.79 Å². The second-order valence-electron chi connectivity index (χ2n) is 8.52. The molecule has 1 aromatic carbocycles. The van der Waals surface area contributed by atoms with Crippen LogP contribution in [-0.2, 0) is 17.6 Å². The third-order valence-electron chi connectivity index (χ3n) is 6.57. The first-order chi connectivity index (χ1) is 15.1. The zero-order chi connectivity index (χ0) is 21.8. The van der Waals surface area contributed by atoms with Crippen molar-refractivity contribution in [2.75, 3.05) is 13.1 Å². The van der Waals surface area contributed by atoms with E-state index in [9.17, 15) is 10.1 Å². The molecule has 4 rings (SSSR count). The van der Waals surface area contributed by atoms with Crippen LogP contribution >= 0.6 is 0 Å². The lowest BCUT2D eigenvalue weighted by Gasteiger charge is -2.32. The van der Waals surface area contributed by atoms with Crippen molar-refractivity contribution in [2.24, 2.45) is 5.92 Å². The van der Waals surface area contributed by atoms with Gasteiger partial charge in [0.05, 0.1) is 6.20 Å². The molecular formula is C25H29N5O. The van der Waals surface area contributed by atoms with E-state index in [0.29, 0.717) is 30.0 Å². The fourth-order valence-electron chi connectivity index (χ4n) is 4.63. The van der Waals surface area contributed by atoms with Crippen LogP contribution < -0.4 is 0 Å². The standard InChI is InChI=1S/C25H29N5O/c1-18-23(19(2)30-25(28-18)22(16-26)17-27-30)10-11-24(31)29-14-12-21(13-15-29)9-8-20-6-4-3-5-7-20/h3-7,17,21H,8-15H2,1-2H3. The van der Waals surface area contributed by atoms with E-state index in [1.165, 1.54) is 12.0 Å². The van der Waals surface area contributed by atoms with Crippen molar-refractivity contribution in [3.63, 3.8) is 0 Å². The Kier molecular flexibility index (Phi) is 6.31. The van der Waals surface area contributed by atoms with E-state index in [1.54, 1.807) is 10.7 Å². The quantitative estimate of drug-likeness (QED) is 0.609. The van der Waals surface area contributed by atoms with Gasteiger partial charge in [-0.15, -0.1) is 0 Å². The first-order valence-electron chi connectivity index (χ1n) is 11.1. The minimum atomic E-state index is 0.221. The van der Waals surface area contributed by atoms with E-state index in [1.807, 2.05) is 18.7 Å². The molecule has 0 saturated carbocycles. The number of carbonyl (C=O) groups excluding carboxylic acids is 1. The molecule has 3 heterocycles. The highest BCUT2D eigenvalue weighted by Crippen LogP contribution is 2.24. The van der Waals surface area contributed by atoms with Crippen LogP contribution in [0.15, 0.2) is 36.5 Å². The lowest BCUT2D eigenvalue weighted by atomic mass is 9.90. The molecule has 1 aliphatic heterocycles. The zero-order valence-electron chi connectivity index (χ0n) is 18.3. The topological polar surface area (TPSA) is 74.3 Å². The molecule has 0 unspecified atom stereocenters. The molecule has 160 valence electrons. The van der Waals surface area contributed by atoms with Gasteiger partial charge < -0.3 is 4.90 Å². The van der Waals surface area contributed by atoms with Crippen LogP contribution in [0.3, 0.4) is 0 Å². The lowest BCUT2D eigenvalue weighted by Crippen LogP contribution is -2.38. The molecule has 3 aromatic rings. The number of nitrogens with zero attached hydrogens (tertiary/aromatic N) is 5. The molecule has 0 N–H and O–H groups in total. The van der Waals surface area contributed by atoms with Crippen LogP contribution in [0.25, 0.3) is 5.65 Å². The van der Waals surface area contributed by atoms with Gasteiger partial charge in [0.15, 0.2) is 5.65 Å². The summed E-state index contributed by atoms with van der Waals surface area (Å²) in [6, 6.07) is 12.8. The molecule has 0 atom stereocenters. The fourth-order valence-corrected chi connectivity index (χ4v) is 4.63. The number of piperidine rings is 1. The highest BCUT2D eigenvalue weighted by Gasteiger charge is 2.23. The van der Waals surface area contributed by atoms with Crippen molar-refractivity contribution in [1.29, 1.82) is 5.26 Å². The average molecular weight is 416 g/mol. The zero-order valence-corrected chi connectivity index (χ0v) is 18.3. The smallest absolute Gasteiger partial charge is 0.222 e. The summed E-state index contributed by atoms with van der Waals surface area (Å²) in [6.07, 6.45) is 7.18.